The third kappa shape index (κ3) is 5.29. The minimum absolute atomic E-state index is 0.0111. The minimum Gasteiger partial charge on any atom is -0.490 e. The highest BCUT2D eigenvalue weighted by atomic mass is 32.2. The third-order valence-corrected chi connectivity index (χ3v) is 8.24. The summed E-state index contributed by atoms with van der Waals surface area (Å²) in [5.41, 5.74) is 0.730. The van der Waals surface area contributed by atoms with E-state index in [2.05, 4.69) is 9.62 Å². The van der Waals surface area contributed by atoms with E-state index in [0.717, 1.165) is 32.1 Å². The number of halogens is 1. The van der Waals surface area contributed by atoms with Crippen LogP contribution in [0, 0.1) is 5.82 Å². The molecule has 10 heteroatoms. The Hall–Kier alpha value is -2.69. The predicted molar refractivity (Wildman–Crippen MR) is 129 cm³/mol. The molecule has 2 aliphatic heterocycles. The van der Waals surface area contributed by atoms with Gasteiger partial charge in [-0.15, -0.1) is 0 Å². The Kier molecular flexibility index (Phi) is 7.63. The van der Waals surface area contributed by atoms with Gasteiger partial charge in [-0.2, -0.15) is 0 Å². The maximum absolute atomic E-state index is 14.0. The Bertz CT molecular complexity index is 1200. The van der Waals surface area contributed by atoms with Crippen LogP contribution in [0.1, 0.15) is 54.1 Å². The van der Waals surface area contributed by atoms with Gasteiger partial charge in [0.05, 0.1) is 16.7 Å². The normalized spacial score (nSPS) is 19.2. The first-order valence-electron chi connectivity index (χ1n) is 11.9. The molecular formula is C25H31FN2O6S. The van der Waals surface area contributed by atoms with Crippen LogP contribution in [-0.4, -0.2) is 63.3 Å². The number of hydrogen-bond acceptors (Lipinski definition) is 6. The molecule has 2 unspecified atom stereocenters. The number of ether oxygens (including phenoxy) is 2. The first kappa shape index (κ1) is 25.4. The lowest BCUT2D eigenvalue weighted by atomic mass is 9.88. The highest BCUT2D eigenvalue weighted by Crippen LogP contribution is 2.44. The van der Waals surface area contributed by atoms with Gasteiger partial charge in [-0.1, -0.05) is 19.9 Å². The first-order chi connectivity index (χ1) is 16.7. The average Bonchev–Trinajstić information content (AvgIpc) is 3.30. The van der Waals surface area contributed by atoms with Crippen LogP contribution >= 0.6 is 0 Å². The Balaban J connectivity index is 1.64. The molecule has 0 radical (unpaired) electrons. The molecule has 1 fully saturated rings. The zero-order valence-electron chi connectivity index (χ0n) is 19.9. The summed E-state index contributed by atoms with van der Waals surface area (Å²) in [6.07, 6.45) is 1.64. The SMILES string of the molecule is CCN(CC)CCCc1cc(F)ccc1S(=O)(=O)Nc1ccc2c(c1C(=O)O)OCC1OCCC21. The van der Waals surface area contributed by atoms with Crippen LogP contribution in [0.2, 0.25) is 0 Å². The lowest BCUT2D eigenvalue weighted by molar-refractivity contribution is 0.0484. The lowest BCUT2D eigenvalue weighted by Crippen LogP contribution is -2.29. The van der Waals surface area contributed by atoms with E-state index in [9.17, 15) is 22.7 Å². The number of benzene rings is 2. The van der Waals surface area contributed by atoms with Crippen LogP contribution in [0.4, 0.5) is 10.1 Å². The van der Waals surface area contributed by atoms with Gasteiger partial charge < -0.3 is 19.5 Å². The number of carboxylic acids is 1. The molecule has 35 heavy (non-hydrogen) atoms. The van der Waals surface area contributed by atoms with Gasteiger partial charge in [0, 0.05) is 18.1 Å². The van der Waals surface area contributed by atoms with Gasteiger partial charge in [0.1, 0.15) is 23.7 Å². The fourth-order valence-electron chi connectivity index (χ4n) is 4.92. The Morgan fingerprint density at radius 1 is 1.23 bits per heavy atom. The zero-order chi connectivity index (χ0) is 25.2. The van der Waals surface area contributed by atoms with Gasteiger partial charge in [-0.3, -0.25) is 4.72 Å². The molecule has 0 amide bonds. The zero-order valence-corrected chi connectivity index (χ0v) is 20.7. The monoisotopic (exact) mass is 506 g/mol. The van der Waals surface area contributed by atoms with Crippen molar-refractivity contribution < 1.29 is 32.2 Å². The molecular weight excluding hydrogens is 475 g/mol. The molecule has 0 aromatic heterocycles. The van der Waals surface area contributed by atoms with E-state index in [-0.39, 0.29) is 40.5 Å². The number of nitrogens with zero attached hydrogens (tertiary/aromatic N) is 1. The smallest absolute Gasteiger partial charge is 0.341 e. The number of rotatable bonds is 10. The molecule has 2 aliphatic rings. The van der Waals surface area contributed by atoms with Crippen LogP contribution in [-0.2, 0) is 21.2 Å². The number of fused-ring (bicyclic) bond motifs is 3. The van der Waals surface area contributed by atoms with E-state index in [0.29, 0.717) is 30.6 Å². The molecule has 0 aliphatic carbocycles. The summed E-state index contributed by atoms with van der Waals surface area (Å²) in [5, 5.41) is 9.94. The van der Waals surface area contributed by atoms with Crippen molar-refractivity contribution in [1.29, 1.82) is 0 Å². The van der Waals surface area contributed by atoms with E-state index in [1.165, 1.54) is 18.2 Å². The van der Waals surface area contributed by atoms with Gasteiger partial charge in [0.15, 0.2) is 0 Å². The molecule has 0 bridgehead atoms. The molecule has 2 aromatic rings. The first-order valence-corrected chi connectivity index (χ1v) is 13.4. The number of carboxylic acid groups (broad SMARTS) is 1. The maximum atomic E-state index is 14.0. The number of carbonyl (C=O) groups is 1. The van der Waals surface area contributed by atoms with Gasteiger partial charge in [0.2, 0.25) is 0 Å². The van der Waals surface area contributed by atoms with Crippen molar-refractivity contribution in [2.24, 2.45) is 0 Å². The molecule has 190 valence electrons. The topological polar surface area (TPSA) is 105 Å². The van der Waals surface area contributed by atoms with Crippen LogP contribution in [0.3, 0.4) is 0 Å². The van der Waals surface area contributed by atoms with Crippen LogP contribution in [0.15, 0.2) is 35.2 Å². The summed E-state index contributed by atoms with van der Waals surface area (Å²) in [4.78, 5) is 14.3. The molecule has 2 atom stereocenters. The summed E-state index contributed by atoms with van der Waals surface area (Å²) < 4.78 is 54.6. The van der Waals surface area contributed by atoms with Crippen LogP contribution in [0.25, 0.3) is 0 Å². The van der Waals surface area contributed by atoms with E-state index in [4.69, 9.17) is 9.47 Å². The summed E-state index contributed by atoms with van der Waals surface area (Å²) in [6, 6.07) is 6.69. The Morgan fingerprint density at radius 3 is 2.71 bits per heavy atom. The number of sulfonamides is 1. The van der Waals surface area contributed by atoms with Crippen molar-refractivity contribution in [3.05, 3.63) is 52.8 Å². The summed E-state index contributed by atoms with van der Waals surface area (Å²) >= 11 is 0. The molecule has 0 saturated carbocycles. The number of nitrogens with one attached hydrogen (secondary N) is 1. The lowest BCUT2D eigenvalue weighted by Gasteiger charge is -2.29. The van der Waals surface area contributed by atoms with Gasteiger partial charge >= 0.3 is 5.97 Å². The van der Waals surface area contributed by atoms with Crippen LogP contribution < -0.4 is 9.46 Å². The molecule has 4 rings (SSSR count). The molecule has 2 N–H and O–H groups in total. The fourth-order valence-corrected chi connectivity index (χ4v) is 6.24. The van der Waals surface area contributed by atoms with E-state index < -0.39 is 21.8 Å². The number of hydrogen-bond donors (Lipinski definition) is 2. The predicted octanol–water partition coefficient (Wildman–Crippen LogP) is 3.86. The highest BCUT2D eigenvalue weighted by Gasteiger charge is 2.39. The van der Waals surface area contributed by atoms with E-state index in [1.54, 1.807) is 6.07 Å². The second kappa shape index (κ2) is 10.5. The van der Waals surface area contributed by atoms with Gasteiger partial charge in [-0.05, 0) is 68.7 Å². The molecule has 1 saturated heterocycles. The summed E-state index contributed by atoms with van der Waals surface area (Å²) in [5.74, 6) is -1.64. The largest absolute Gasteiger partial charge is 0.490 e. The van der Waals surface area contributed by atoms with Crippen molar-refractivity contribution in [3.8, 4) is 5.75 Å². The molecule has 2 heterocycles. The number of aryl methyl sites for hydroxylation is 1. The molecule has 8 nitrogen and oxygen atoms in total. The van der Waals surface area contributed by atoms with E-state index >= 15 is 0 Å². The van der Waals surface area contributed by atoms with Gasteiger partial charge in [0.25, 0.3) is 10.0 Å². The van der Waals surface area contributed by atoms with E-state index in [1.807, 2.05) is 13.8 Å². The third-order valence-electron chi connectivity index (χ3n) is 6.77. The van der Waals surface area contributed by atoms with Gasteiger partial charge in [-0.25, -0.2) is 17.6 Å². The Labute approximate surface area is 205 Å². The fraction of sp³-hybridized carbons (Fsp3) is 0.480. The number of anilines is 1. The molecule has 0 spiro atoms. The Morgan fingerprint density at radius 2 is 2.00 bits per heavy atom. The standard InChI is InChI=1S/C25H31FN2O6S/c1-3-28(4-2)12-5-6-16-14-17(26)7-10-22(16)35(31,32)27-20-9-8-19-18-11-13-33-21(18)15-34-24(19)23(20)25(29)30/h7-10,14,18,21,27H,3-6,11-13,15H2,1-2H3,(H,29,30). The van der Waals surface area contributed by atoms with Crippen molar-refractivity contribution in [2.45, 2.75) is 50.0 Å². The number of aromatic carboxylic acids is 1. The quantitative estimate of drug-likeness (QED) is 0.504. The van der Waals surface area contributed by atoms with Crippen molar-refractivity contribution in [1.82, 2.24) is 4.90 Å². The second-order valence-corrected chi connectivity index (χ2v) is 10.5. The average molecular weight is 507 g/mol. The summed E-state index contributed by atoms with van der Waals surface area (Å²) in [7, 11) is -4.20. The summed E-state index contributed by atoms with van der Waals surface area (Å²) in [6.45, 7) is 7.38. The molecule has 2 aromatic carbocycles. The van der Waals surface area contributed by atoms with Crippen molar-refractivity contribution in [3.63, 3.8) is 0 Å². The maximum Gasteiger partial charge on any atom is 0.341 e. The van der Waals surface area contributed by atoms with Crippen LogP contribution in [0.5, 0.6) is 5.75 Å². The second-order valence-electron chi connectivity index (χ2n) is 8.82. The minimum atomic E-state index is -4.20. The van der Waals surface area contributed by atoms with Crippen molar-refractivity contribution >= 4 is 21.7 Å². The van der Waals surface area contributed by atoms with Crippen molar-refractivity contribution in [2.75, 3.05) is 37.6 Å². The highest BCUT2D eigenvalue weighted by molar-refractivity contribution is 7.92.